The molecule has 2 fully saturated rings. The molecule has 41 heavy (non-hydrogen) atoms. The van der Waals surface area contributed by atoms with Gasteiger partial charge in [-0.05, 0) is 47.9 Å². The van der Waals surface area contributed by atoms with Gasteiger partial charge in [-0.3, -0.25) is 24.7 Å². The van der Waals surface area contributed by atoms with E-state index in [2.05, 4.69) is 32.0 Å². The summed E-state index contributed by atoms with van der Waals surface area (Å²) in [7, 11) is 0. The van der Waals surface area contributed by atoms with Crippen LogP contribution in [0.1, 0.15) is 35.8 Å². The Kier molecular flexibility index (Phi) is 9.02. The number of nitrogens with zero attached hydrogens (tertiary/aromatic N) is 4. The van der Waals surface area contributed by atoms with Gasteiger partial charge in [0, 0.05) is 81.2 Å². The summed E-state index contributed by atoms with van der Waals surface area (Å²) in [5, 5.41) is 10.9. The topological polar surface area (TPSA) is 86.4 Å². The summed E-state index contributed by atoms with van der Waals surface area (Å²) in [6.45, 7) is 11.3. The number of benzene rings is 1. The number of rotatable bonds is 9. The first-order chi connectivity index (χ1) is 19.8. The van der Waals surface area contributed by atoms with Crippen molar-refractivity contribution in [2.45, 2.75) is 32.2 Å². The minimum Gasteiger partial charge on any atom is -0.379 e. The monoisotopic (exact) mass is 562 g/mol. The Balaban J connectivity index is 1.26. The van der Waals surface area contributed by atoms with Gasteiger partial charge in [-0.25, -0.2) is 8.78 Å². The highest BCUT2D eigenvalue weighted by Gasteiger charge is 2.33. The fraction of sp³-hybridized carbons (Fsp3) is 0.387. The van der Waals surface area contributed by atoms with Gasteiger partial charge in [-0.2, -0.15) is 5.10 Å². The summed E-state index contributed by atoms with van der Waals surface area (Å²) >= 11 is 0. The maximum absolute atomic E-state index is 13.5. The van der Waals surface area contributed by atoms with Crippen molar-refractivity contribution in [3.05, 3.63) is 84.0 Å². The molecule has 0 atom stereocenters. The minimum atomic E-state index is -2.57. The van der Waals surface area contributed by atoms with E-state index in [1.54, 1.807) is 12.4 Å². The molecule has 2 saturated heterocycles. The number of hydrogen-bond acceptors (Lipinski definition) is 6. The van der Waals surface area contributed by atoms with Gasteiger partial charge in [0.1, 0.15) is 0 Å². The second-order valence-electron chi connectivity index (χ2n) is 10.6. The summed E-state index contributed by atoms with van der Waals surface area (Å²) in [5.74, 6) is -2.89. The third-order valence-corrected chi connectivity index (χ3v) is 7.50. The van der Waals surface area contributed by atoms with Gasteiger partial charge < -0.3 is 10.1 Å². The maximum Gasteiger partial charge on any atom is 0.276 e. The van der Waals surface area contributed by atoms with Crippen LogP contribution in [0.5, 0.6) is 0 Å². The predicted octanol–water partition coefficient (Wildman–Crippen LogP) is 4.93. The Morgan fingerprint density at radius 3 is 2.63 bits per heavy atom. The van der Waals surface area contributed by atoms with E-state index in [0.717, 1.165) is 60.6 Å². The highest BCUT2D eigenvalue weighted by molar-refractivity contribution is 6.06. The first-order valence-electron chi connectivity index (χ1n) is 14.0. The molecule has 2 aromatic heterocycles. The molecule has 0 spiro atoms. The van der Waals surface area contributed by atoms with Crippen molar-refractivity contribution in [3.8, 4) is 11.1 Å². The van der Waals surface area contributed by atoms with Crippen LogP contribution >= 0.6 is 0 Å². The van der Waals surface area contributed by atoms with Crippen molar-refractivity contribution in [1.29, 1.82) is 0 Å². The molecule has 0 aliphatic carbocycles. The number of aromatic nitrogens is 3. The number of halogens is 2. The number of allylic oxidation sites excluding steroid dienone is 2. The lowest BCUT2D eigenvalue weighted by molar-refractivity contribution is -0.0566. The molecular formula is C31H36F2N6O2. The third kappa shape index (κ3) is 7.52. The Hall–Kier alpha value is -3.73. The number of piperidine rings is 1. The number of aromatic amines is 1. The van der Waals surface area contributed by atoms with Crippen LogP contribution < -0.4 is 5.32 Å². The number of carbonyl (C=O) groups excluding carboxylic acids is 1. The zero-order chi connectivity index (χ0) is 28.8. The average Bonchev–Trinajstić information content (AvgIpc) is 3.40. The quantitative estimate of drug-likeness (QED) is 0.360. The van der Waals surface area contributed by atoms with Crippen LogP contribution in [0.3, 0.4) is 0 Å². The van der Waals surface area contributed by atoms with Gasteiger partial charge >= 0.3 is 0 Å². The van der Waals surface area contributed by atoms with Crippen LogP contribution in [-0.4, -0.2) is 82.7 Å². The molecule has 4 heterocycles. The minimum absolute atomic E-state index is 0.115. The van der Waals surface area contributed by atoms with Gasteiger partial charge in [0.25, 0.3) is 11.8 Å². The molecule has 2 aliphatic rings. The summed E-state index contributed by atoms with van der Waals surface area (Å²) in [6.07, 6.45) is 8.90. The van der Waals surface area contributed by atoms with E-state index in [0.29, 0.717) is 36.4 Å². The number of fused-ring (bicyclic) bond motifs is 1. The van der Waals surface area contributed by atoms with E-state index in [9.17, 15) is 13.6 Å². The Labute approximate surface area is 238 Å². The van der Waals surface area contributed by atoms with E-state index in [1.807, 2.05) is 54.3 Å². The van der Waals surface area contributed by atoms with Gasteiger partial charge in [0.15, 0.2) is 5.69 Å². The Morgan fingerprint density at radius 2 is 1.88 bits per heavy atom. The molecule has 10 heteroatoms. The number of ether oxygens (including phenoxy) is 1. The maximum atomic E-state index is 13.5. The lowest BCUT2D eigenvalue weighted by Crippen LogP contribution is -2.38. The number of likely N-dealkylation sites (tertiary alicyclic amines) is 1. The third-order valence-electron chi connectivity index (χ3n) is 7.50. The Bertz CT molecular complexity index is 1450. The van der Waals surface area contributed by atoms with Crippen molar-refractivity contribution in [2.75, 3.05) is 45.9 Å². The van der Waals surface area contributed by atoms with Crippen LogP contribution in [0.15, 0.2) is 72.7 Å². The molecule has 0 bridgehead atoms. The van der Waals surface area contributed by atoms with Gasteiger partial charge in [0.05, 0.1) is 18.7 Å². The molecule has 3 aromatic rings. The lowest BCUT2D eigenvalue weighted by Gasteiger charge is -2.31. The van der Waals surface area contributed by atoms with E-state index in [-0.39, 0.29) is 18.7 Å². The summed E-state index contributed by atoms with van der Waals surface area (Å²) < 4.78 is 32.5. The van der Waals surface area contributed by atoms with Crippen LogP contribution in [0.4, 0.5) is 8.78 Å². The van der Waals surface area contributed by atoms with Crippen LogP contribution in [0.25, 0.3) is 22.0 Å². The second kappa shape index (κ2) is 12.8. The zero-order valence-electron chi connectivity index (χ0n) is 23.3. The van der Waals surface area contributed by atoms with Crippen LogP contribution in [0, 0.1) is 0 Å². The number of hydrogen-bond donors (Lipinski definition) is 2. The van der Waals surface area contributed by atoms with Crippen molar-refractivity contribution in [3.63, 3.8) is 0 Å². The largest absolute Gasteiger partial charge is 0.379 e. The molecule has 5 rings (SSSR count). The van der Waals surface area contributed by atoms with Crippen molar-refractivity contribution >= 4 is 16.8 Å². The first kappa shape index (κ1) is 28.8. The van der Waals surface area contributed by atoms with Crippen molar-refractivity contribution in [2.24, 2.45) is 0 Å². The summed E-state index contributed by atoms with van der Waals surface area (Å²) in [5.41, 5.74) is 5.36. The van der Waals surface area contributed by atoms with Crippen molar-refractivity contribution in [1.82, 2.24) is 30.3 Å². The second-order valence-corrected chi connectivity index (χ2v) is 10.6. The number of amides is 1. The molecule has 216 valence electrons. The van der Waals surface area contributed by atoms with E-state index in [1.165, 1.54) is 0 Å². The lowest BCUT2D eigenvalue weighted by atomic mass is 10.0. The average molecular weight is 563 g/mol. The standard InChI is InChI=1S/C31H36F2N6O2/c1-3-26(6-4-22(2)20-39-12-14-41-15-13-39)35-30(40)29-27-17-24(5-7-28(27)36-37-29)25-16-23(18-34-19-25)21-38-10-8-31(32,33)9-11-38/h3-7,16-19H,2,8-15,20-21H2,1H3,(H,35,40)(H,36,37)/b6-4-,26-3+. The van der Waals surface area contributed by atoms with Crippen LogP contribution in [0.2, 0.25) is 0 Å². The molecule has 0 unspecified atom stereocenters. The number of nitrogens with one attached hydrogen (secondary N) is 2. The normalized spacial score (nSPS) is 18.7. The highest BCUT2D eigenvalue weighted by Crippen LogP contribution is 2.29. The van der Waals surface area contributed by atoms with E-state index in [4.69, 9.17) is 4.74 Å². The smallest absolute Gasteiger partial charge is 0.276 e. The molecule has 0 radical (unpaired) electrons. The number of H-pyrrole nitrogens is 1. The molecule has 1 aromatic carbocycles. The first-order valence-corrected chi connectivity index (χ1v) is 14.0. The number of carbonyl (C=O) groups is 1. The SMILES string of the molecule is C=C(/C=C\C(=C/C)NC(=O)c1n[nH]c2ccc(-c3cncc(CN4CCC(F)(F)CC4)c3)cc12)CN1CCOCC1. The van der Waals surface area contributed by atoms with Gasteiger partial charge in [0.2, 0.25) is 0 Å². The number of morpholine rings is 1. The zero-order valence-corrected chi connectivity index (χ0v) is 23.3. The molecule has 0 saturated carbocycles. The van der Waals surface area contributed by atoms with Crippen molar-refractivity contribution < 1.29 is 18.3 Å². The molecule has 8 nitrogen and oxygen atoms in total. The fourth-order valence-electron chi connectivity index (χ4n) is 5.10. The predicted molar refractivity (Wildman–Crippen MR) is 156 cm³/mol. The molecule has 1 amide bonds. The summed E-state index contributed by atoms with van der Waals surface area (Å²) in [4.78, 5) is 22.0. The molecular weight excluding hydrogens is 526 g/mol. The summed E-state index contributed by atoms with van der Waals surface area (Å²) in [6, 6.07) is 7.78. The number of pyridine rings is 1. The highest BCUT2D eigenvalue weighted by atomic mass is 19.3. The number of alkyl halides is 2. The molecule has 2 N–H and O–H groups in total. The Morgan fingerprint density at radius 1 is 1.10 bits per heavy atom. The molecule has 2 aliphatic heterocycles. The van der Waals surface area contributed by atoms with Crippen LogP contribution in [-0.2, 0) is 11.3 Å². The van der Waals surface area contributed by atoms with E-state index < -0.39 is 5.92 Å². The van der Waals surface area contributed by atoms with Gasteiger partial charge in [-0.1, -0.05) is 24.8 Å². The fourth-order valence-corrected chi connectivity index (χ4v) is 5.10. The van der Waals surface area contributed by atoms with E-state index >= 15 is 0 Å². The van der Waals surface area contributed by atoms with Gasteiger partial charge in [-0.15, -0.1) is 0 Å².